The number of hydrogen-bond acceptors (Lipinski definition) is 4. The third-order valence-electron chi connectivity index (χ3n) is 4.31. The first-order chi connectivity index (χ1) is 12.0. The summed E-state index contributed by atoms with van der Waals surface area (Å²) in [4.78, 5) is 50.6. The third-order valence-corrected chi connectivity index (χ3v) is 4.55. The number of aromatic nitrogens is 2. The van der Waals surface area contributed by atoms with E-state index in [0.29, 0.717) is 10.9 Å². The Hall–Kier alpha value is -2.99. The van der Waals surface area contributed by atoms with E-state index in [1.165, 1.54) is 22.8 Å². The first kappa shape index (κ1) is 15.5. The molecule has 3 aromatic rings. The molecule has 7 heteroatoms. The van der Waals surface area contributed by atoms with E-state index in [-0.39, 0.29) is 29.2 Å². The molecule has 0 radical (unpaired) electrons. The molecule has 2 aromatic carbocycles. The van der Waals surface area contributed by atoms with Crippen molar-refractivity contribution in [2.75, 3.05) is 0 Å². The summed E-state index contributed by atoms with van der Waals surface area (Å²) in [5.74, 6) is -1.35. The lowest BCUT2D eigenvalue weighted by atomic mass is 10.0. The highest BCUT2D eigenvalue weighted by Gasteiger charge is 2.26. The number of ketones is 2. The Morgan fingerprint density at radius 1 is 0.960 bits per heavy atom. The molecule has 4 rings (SSSR count). The van der Waals surface area contributed by atoms with E-state index in [2.05, 4.69) is 0 Å². The summed E-state index contributed by atoms with van der Waals surface area (Å²) in [5.41, 5.74) is -0.698. The molecule has 0 saturated heterocycles. The fourth-order valence-electron chi connectivity index (χ4n) is 3.11. The molecule has 1 aromatic heterocycles. The number of benzene rings is 2. The highest BCUT2D eigenvalue weighted by Crippen LogP contribution is 2.21. The zero-order valence-corrected chi connectivity index (χ0v) is 13.6. The van der Waals surface area contributed by atoms with E-state index in [4.69, 9.17) is 11.6 Å². The minimum atomic E-state index is -0.731. The maximum Gasteiger partial charge on any atom is 0.336 e. The number of hydrogen-bond donors (Lipinski definition) is 0. The molecule has 0 fully saturated rings. The van der Waals surface area contributed by atoms with Gasteiger partial charge in [0.05, 0.1) is 22.2 Å². The smallest absolute Gasteiger partial charge is 0.292 e. The minimum Gasteiger partial charge on any atom is -0.292 e. The quantitative estimate of drug-likeness (QED) is 0.578. The zero-order valence-electron chi connectivity index (χ0n) is 12.9. The van der Waals surface area contributed by atoms with Crippen molar-refractivity contribution in [3.05, 3.63) is 73.9 Å². The molecule has 0 aliphatic carbocycles. The van der Waals surface area contributed by atoms with Gasteiger partial charge in [-0.2, -0.15) is 0 Å². The molecular weight excluding hydrogens is 344 g/mol. The van der Waals surface area contributed by atoms with E-state index in [1.54, 1.807) is 24.3 Å². The van der Waals surface area contributed by atoms with Crippen LogP contribution < -0.4 is 11.2 Å². The highest BCUT2D eigenvalue weighted by molar-refractivity contribution is 6.44. The maximum atomic E-state index is 13.0. The van der Waals surface area contributed by atoms with E-state index >= 15 is 0 Å². The Kier molecular flexibility index (Phi) is 3.43. The number of halogens is 1. The van der Waals surface area contributed by atoms with Crippen LogP contribution in [-0.4, -0.2) is 20.7 Å². The summed E-state index contributed by atoms with van der Waals surface area (Å²) >= 11 is 6.01. The monoisotopic (exact) mass is 354 g/mol. The van der Waals surface area contributed by atoms with Crippen molar-refractivity contribution < 1.29 is 9.59 Å². The maximum absolute atomic E-state index is 13.0. The number of aryl methyl sites for hydroxylation is 1. The fraction of sp³-hybridized carbons (Fsp3) is 0.111. The number of carbonyl (C=O) groups excluding carboxylic acids is 2. The van der Waals surface area contributed by atoms with Gasteiger partial charge in [-0.25, -0.2) is 9.36 Å². The van der Waals surface area contributed by atoms with Crippen molar-refractivity contribution in [3.8, 4) is 5.69 Å². The third kappa shape index (κ3) is 2.26. The van der Waals surface area contributed by atoms with E-state index < -0.39 is 22.8 Å². The average molecular weight is 355 g/mol. The van der Waals surface area contributed by atoms with Crippen LogP contribution >= 0.6 is 11.6 Å². The van der Waals surface area contributed by atoms with Crippen molar-refractivity contribution in [2.24, 2.45) is 0 Å². The number of rotatable bonds is 0. The minimum absolute atomic E-state index is 0.00247. The lowest BCUT2D eigenvalue weighted by Crippen LogP contribution is -2.39. The summed E-state index contributed by atoms with van der Waals surface area (Å²) in [5, 5.41) is 0.582. The van der Waals surface area contributed by atoms with Crippen LogP contribution in [0.5, 0.6) is 0 Å². The van der Waals surface area contributed by atoms with Gasteiger partial charge in [-0.3, -0.25) is 19.0 Å². The Morgan fingerprint density at radius 2 is 1.72 bits per heavy atom. The highest BCUT2D eigenvalue weighted by atomic mass is 35.5. The fourth-order valence-corrected chi connectivity index (χ4v) is 3.27. The van der Waals surface area contributed by atoms with Crippen LogP contribution in [0.4, 0.5) is 0 Å². The number of fused-ring (bicyclic) bond motifs is 6. The number of Topliss-reactive ketones (excluding diaryl/α,β-unsaturated/α-hetero) is 2. The van der Waals surface area contributed by atoms with Crippen molar-refractivity contribution in [3.63, 3.8) is 0 Å². The SMILES string of the molecule is O=C1CCn2c(=O)n(c(=O)c3ccccc32)-c2cc(Cl)ccc2C1=O. The second-order valence-corrected chi connectivity index (χ2v) is 6.19. The van der Waals surface area contributed by atoms with Crippen LogP contribution in [0.25, 0.3) is 16.6 Å². The molecule has 124 valence electrons. The summed E-state index contributed by atoms with van der Waals surface area (Å²) in [7, 11) is 0. The van der Waals surface area contributed by atoms with E-state index in [9.17, 15) is 19.2 Å². The molecule has 2 heterocycles. The molecule has 0 amide bonds. The average Bonchev–Trinajstić information content (AvgIpc) is 2.63. The van der Waals surface area contributed by atoms with Crippen LogP contribution in [0.15, 0.2) is 52.1 Å². The standard InChI is InChI=1S/C18H11ClN2O4/c19-10-5-6-11-14(9-10)21-17(24)12-3-1-2-4-13(12)20(18(21)25)8-7-15(22)16(11)23/h1-6,9H,7-8H2. The second-order valence-electron chi connectivity index (χ2n) is 5.76. The zero-order chi connectivity index (χ0) is 17.7. The van der Waals surface area contributed by atoms with Crippen LogP contribution in [0.3, 0.4) is 0 Å². The van der Waals surface area contributed by atoms with E-state index in [0.717, 1.165) is 4.57 Å². The van der Waals surface area contributed by atoms with Gasteiger partial charge in [0.25, 0.3) is 5.56 Å². The number of para-hydroxylation sites is 1. The molecule has 0 unspecified atom stereocenters. The first-order valence-electron chi connectivity index (χ1n) is 7.61. The molecule has 6 nitrogen and oxygen atoms in total. The molecule has 25 heavy (non-hydrogen) atoms. The van der Waals surface area contributed by atoms with Gasteiger partial charge in [-0.05, 0) is 30.3 Å². The first-order valence-corrected chi connectivity index (χ1v) is 7.99. The lowest BCUT2D eigenvalue weighted by Gasteiger charge is -2.13. The summed E-state index contributed by atoms with van der Waals surface area (Å²) in [6.45, 7) is 0.0198. The normalized spacial score (nSPS) is 14.0. The van der Waals surface area contributed by atoms with Gasteiger partial charge in [0.1, 0.15) is 0 Å². The molecule has 1 aliphatic rings. The van der Waals surface area contributed by atoms with Gasteiger partial charge in [0.2, 0.25) is 11.6 Å². The molecule has 0 saturated carbocycles. The predicted molar refractivity (Wildman–Crippen MR) is 92.8 cm³/mol. The number of nitrogens with zero attached hydrogens (tertiary/aromatic N) is 2. The Labute approximate surface area is 145 Å². The van der Waals surface area contributed by atoms with Crippen molar-refractivity contribution in [1.29, 1.82) is 0 Å². The van der Waals surface area contributed by atoms with Crippen LogP contribution in [0, 0.1) is 0 Å². The van der Waals surface area contributed by atoms with Gasteiger partial charge < -0.3 is 0 Å². The predicted octanol–water partition coefficient (Wildman–Crippen LogP) is 1.96. The molecule has 0 atom stereocenters. The largest absolute Gasteiger partial charge is 0.336 e. The van der Waals surface area contributed by atoms with Gasteiger partial charge in [-0.1, -0.05) is 23.7 Å². The van der Waals surface area contributed by atoms with Crippen LogP contribution in [0.2, 0.25) is 5.02 Å². The van der Waals surface area contributed by atoms with Gasteiger partial charge in [0.15, 0.2) is 0 Å². The Morgan fingerprint density at radius 3 is 2.52 bits per heavy atom. The lowest BCUT2D eigenvalue weighted by molar-refractivity contribution is -0.115. The van der Waals surface area contributed by atoms with Gasteiger partial charge in [0, 0.05) is 18.0 Å². The van der Waals surface area contributed by atoms with Gasteiger partial charge >= 0.3 is 5.69 Å². The van der Waals surface area contributed by atoms with Crippen LogP contribution in [-0.2, 0) is 11.3 Å². The summed E-state index contributed by atoms with van der Waals surface area (Å²) in [6, 6.07) is 10.8. The molecule has 0 spiro atoms. The van der Waals surface area contributed by atoms with Gasteiger partial charge in [-0.15, -0.1) is 0 Å². The second kappa shape index (κ2) is 5.53. The molecule has 1 aliphatic heterocycles. The molecular formula is C18H11ClN2O4. The number of carbonyl (C=O) groups is 2. The van der Waals surface area contributed by atoms with Crippen molar-refractivity contribution in [1.82, 2.24) is 9.13 Å². The summed E-state index contributed by atoms with van der Waals surface area (Å²) < 4.78 is 2.26. The van der Waals surface area contributed by atoms with Crippen LogP contribution in [0.1, 0.15) is 16.8 Å². The van der Waals surface area contributed by atoms with Crippen molar-refractivity contribution in [2.45, 2.75) is 13.0 Å². The Balaban J connectivity index is 2.26. The Bertz CT molecular complexity index is 1190. The van der Waals surface area contributed by atoms with Crippen molar-refractivity contribution >= 4 is 34.1 Å². The summed E-state index contributed by atoms with van der Waals surface area (Å²) in [6.07, 6.45) is -0.122. The molecule has 0 N–H and O–H groups in total. The topological polar surface area (TPSA) is 78.1 Å². The van der Waals surface area contributed by atoms with E-state index in [1.807, 2.05) is 0 Å². The molecule has 2 bridgehead atoms.